The largest absolute Gasteiger partial charge is 0.273 e. The topological polar surface area (TPSA) is 49.9 Å². The molecule has 0 saturated carbocycles. The third-order valence-electron chi connectivity index (χ3n) is 5.44. The van der Waals surface area contributed by atoms with Crippen LogP contribution in [-0.4, -0.2) is 24.0 Å². The quantitative estimate of drug-likeness (QED) is 0.717. The molecule has 2 aliphatic rings. The van der Waals surface area contributed by atoms with Crippen molar-refractivity contribution >= 4 is 34.8 Å². The predicted molar refractivity (Wildman–Crippen MR) is 109 cm³/mol. The number of hydrogen-bond donors (Lipinski definition) is 0. The van der Waals surface area contributed by atoms with E-state index in [2.05, 4.69) is 13.8 Å². The van der Waals surface area contributed by atoms with E-state index in [1.54, 1.807) is 23.3 Å². The smallest absolute Gasteiger partial charge is 0.266 e. The van der Waals surface area contributed by atoms with Crippen molar-refractivity contribution in [2.75, 3.05) is 9.96 Å². The van der Waals surface area contributed by atoms with Gasteiger partial charge < -0.3 is 0 Å². The number of fused-ring (bicyclic) bond motifs is 1. The molecule has 0 bridgehead atoms. The average Bonchev–Trinajstić information content (AvgIpc) is 3.15. The van der Waals surface area contributed by atoms with Gasteiger partial charge in [0.2, 0.25) is 5.91 Å². The summed E-state index contributed by atoms with van der Waals surface area (Å²) >= 11 is 6.22. The van der Waals surface area contributed by atoms with Gasteiger partial charge in [-0.3, -0.25) is 14.4 Å². The highest BCUT2D eigenvalue weighted by Gasteiger charge is 2.59. The Bertz CT molecular complexity index is 915. The van der Waals surface area contributed by atoms with Crippen molar-refractivity contribution in [1.82, 2.24) is 0 Å². The summed E-state index contributed by atoms with van der Waals surface area (Å²) in [6.07, 6.45) is -0.0629. The van der Waals surface area contributed by atoms with Gasteiger partial charge in [-0.05, 0) is 49.1 Å². The highest BCUT2D eigenvalue weighted by Crippen LogP contribution is 2.43. The number of nitrogens with zero attached hydrogens (tertiary/aromatic N) is 2. The minimum atomic E-state index is -0.810. The molecule has 6 heteroatoms. The number of rotatable bonds is 4. The van der Waals surface area contributed by atoms with Gasteiger partial charge in [0, 0.05) is 5.02 Å². The monoisotopic (exact) mass is 398 g/mol. The number of carbonyl (C=O) groups excluding carboxylic acids is 2. The summed E-state index contributed by atoms with van der Waals surface area (Å²) in [5, 5.41) is 2.29. The average molecular weight is 399 g/mol. The zero-order valence-electron chi connectivity index (χ0n) is 16.1. The molecule has 0 N–H and O–H groups in total. The lowest BCUT2D eigenvalue weighted by Crippen LogP contribution is -2.41. The molecule has 2 saturated heterocycles. The number of hydroxylamine groups is 1. The number of anilines is 2. The number of halogens is 1. The SMILES string of the molecule is Cc1c(Cl)cccc1N1C(=O)[C@@H]2[C@H](ON(c3ccccc3)[C@H]2CC(C)C)C1=O. The molecule has 4 rings (SSSR count). The van der Waals surface area contributed by atoms with Gasteiger partial charge in [0.1, 0.15) is 0 Å². The predicted octanol–water partition coefficient (Wildman–Crippen LogP) is 4.37. The van der Waals surface area contributed by atoms with Gasteiger partial charge in [-0.2, -0.15) is 0 Å². The van der Waals surface area contributed by atoms with Gasteiger partial charge in [0.15, 0.2) is 6.10 Å². The molecule has 3 atom stereocenters. The van der Waals surface area contributed by atoms with E-state index in [1.807, 2.05) is 37.3 Å². The van der Waals surface area contributed by atoms with Crippen LogP contribution >= 0.6 is 11.6 Å². The Labute approximate surface area is 169 Å². The molecule has 2 fully saturated rings. The van der Waals surface area contributed by atoms with E-state index in [4.69, 9.17) is 16.4 Å². The van der Waals surface area contributed by atoms with Crippen LogP contribution in [0.5, 0.6) is 0 Å². The number of carbonyl (C=O) groups is 2. The summed E-state index contributed by atoms with van der Waals surface area (Å²) in [6.45, 7) is 6.03. The lowest BCUT2D eigenvalue weighted by Gasteiger charge is -2.29. The van der Waals surface area contributed by atoms with Crippen molar-refractivity contribution in [1.29, 1.82) is 0 Å². The molecule has 0 spiro atoms. The van der Waals surface area contributed by atoms with Crippen LogP contribution in [0, 0.1) is 18.8 Å². The second kappa shape index (κ2) is 7.22. The summed E-state index contributed by atoms with van der Waals surface area (Å²) in [5.74, 6) is -0.728. The van der Waals surface area contributed by atoms with Crippen molar-refractivity contribution in [2.45, 2.75) is 39.3 Å². The number of benzene rings is 2. The lowest BCUT2D eigenvalue weighted by molar-refractivity contribution is -0.126. The zero-order valence-corrected chi connectivity index (χ0v) is 16.9. The van der Waals surface area contributed by atoms with E-state index in [0.717, 1.165) is 12.1 Å². The van der Waals surface area contributed by atoms with E-state index in [9.17, 15) is 9.59 Å². The fraction of sp³-hybridized carbons (Fsp3) is 0.364. The molecule has 0 radical (unpaired) electrons. The lowest BCUT2D eigenvalue weighted by atomic mass is 9.90. The molecule has 2 aliphatic heterocycles. The van der Waals surface area contributed by atoms with E-state index >= 15 is 0 Å². The molecule has 2 amide bonds. The summed E-state index contributed by atoms with van der Waals surface area (Å²) < 4.78 is 0. The van der Waals surface area contributed by atoms with Crippen LogP contribution in [0.25, 0.3) is 0 Å². The van der Waals surface area contributed by atoms with Gasteiger partial charge >= 0.3 is 0 Å². The van der Waals surface area contributed by atoms with E-state index in [-0.39, 0.29) is 17.9 Å². The van der Waals surface area contributed by atoms with Crippen molar-refractivity contribution in [3.05, 3.63) is 59.1 Å². The highest BCUT2D eigenvalue weighted by molar-refractivity contribution is 6.32. The van der Waals surface area contributed by atoms with Crippen LogP contribution in [0.15, 0.2) is 48.5 Å². The molecule has 146 valence electrons. The van der Waals surface area contributed by atoms with E-state index in [1.165, 1.54) is 4.90 Å². The summed E-state index contributed by atoms with van der Waals surface area (Å²) in [6, 6.07) is 14.7. The second-order valence-electron chi connectivity index (χ2n) is 7.81. The highest BCUT2D eigenvalue weighted by atomic mass is 35.5. The fourth-order valence-electron chi connectivity index (χ4n) is 4.12. The van der Waals surface area contributed by atoms with Gasteiger partial charge in [-0.15, -0.1) is 0 Å². The van der Waals surface area contributed by atoms with Crippen molar-refractivity contribution in [2.24, 2.45) is 11.8 Å². The van der Waals surface area contributed by atoms with Crippen LogP contribution in [0.1, 0.15) is 25.8 Å². The molecule has 28 heavy (non-hydrogen) atoms. The van der Waals surface area contributed by atoms with Gasteiger partial charge in [-0.25, -0.2) is 9.96 Å². The summed E-state index contributed by atoms with van der Waals surface area (Å²) in [4.78, 5) is 33.9. The molecule has 0 aliphatic carbocycles. The third kappa shape index (κ3) is 2.99. The van der Waals surface area contributed by atoms with Crippen LogP contribution in [-0.2, 0) is 14.4 Å². The molecule has 2 aromatic carbocycles. The summed E-state index contributed by atoms with van der Waals surface area (Å²) in [5.41, 5.74) is 2.11. The van der Waals surface area contributed by atoms with E-state index < -0.39 is 12.0 Å². The number of amides is 2. The van der Waals surface area contributed by atoms with Crippen molar-refractivity contribution < 1.29 is 14.4 Å². The molecule has 0 unspecified atom stereocenters. The van der Waals surface area contributed by atoms with Crippen molar-refractivity contribution in [3.63, 3.8) is 0 Å². The second-order valence-corrected chi connectivity index (χ2v) is 8.21. The standard InChI is InChI=1S/C22H23ClN2O3/c1-13(2)12-18-19-20(28-25(18)15-8-5-4-6-9-15)22(27)24(21(19)26)17-11-7-10-16(23)14(17)3/h4-11,13,18-20H,12H2,1-3H3/t18-,19-,20-/m0/s1. The third-order valence-corrected chi connectivity index (χ3v) is 5.85. The maximum atomic E-state index is 13.4. The first-order valence-electron chi connectivity index (χ1n) is 9.54. The molecule has 5 nitrogen and oxygen atoms in total. The first kappa shape index (κ1) is 19.0. The number of para-hydroxylation sites is 1. The molecular weight excluding hydrogens is 376 g/mol. The number of imide groups is 1. The molecule has 2 heterocycles. The Morgan fingerprint density at radius 1 is 1.04 bits per heavy atom. The number of hydrogen-bond acceptors (Lipinski definition) is 4. The maximum Gasteiger partial charge on any atom is 0.266 e. The molecule has 0 aromatic heterocycles. The molecule has 2 aromatic rings. The van der Waals surface area contributed by atoms with Gasteiger partial charge in [0.25, 0.3) is 5.91 Å². The first-order chi connectivity index (χ1) is 13.4. The Balaban J connectivity index is 1.72. The van der Waals surface area contributed by atoms with Crippen LogP contribution in [0.4, 0.5) is 11.4 Å². The Kier molecular flexibility index (Phi) is 4.89. The molecular formula is C22H23ClN2O3. The summed E-state index contributed by atoms with van der Waals surface area (Å²) in [7, 11) is 0. The minimum Gasteiger partial charge on any atom is -0.273 e. The Morgan fingerprint density at radius 3 is 2.43 bits per heavy atom. The Hall–Kier alpha value is -2.37. The van der Waals surface area contributed by atoms with Crippen molar-refractivity contribution in [3.8, 4) is 0 Å². The van der Waals surface area contributed by atoms with E-state index in [0.29, 0.717) is 22.2 Å². The van der Waals surface area contributed by atoms with Crippen LogP contribution in [0.3, 0.4) is 0 Å². The fourth-order valence-corrected chi connectivity index (χ4v) is 4.29. The Morgan fingerprint density at radius 2 is 1.75 bits per heavy atom. The maximum absolute atomic E-state index is 13.4. The first-order valence-corrected chi connectivity index (χ1v) is 9.92. The normalized spacial score (nSPS) is 24.4. The zero-order chi connectivity index (χ0) is 20.0. The van der Waals surface area contributed by atoms with Gasteiger partial charge in [-0.1, -0.05) is 49.7 Å². The van der Waals surface area contributed by atoms with Crippen LogP contribution < -0.4 is 9.96 Å². The van der Waals surface area contributed by atoms with Gasteiger partial charge in [0.05, 0.1) is 23.3 Å². The van der Waals surface area contributed by atoms with Crippen LogP contribution in [0.2, 0.25) is 5.02 Å². The minimum absolute atomic E-state index is 0.201.